The molecule has 0 fully saturated rings. The number of carbonyl (C=O) groups excluding carboxylic acids is 1. The lowest BCUT2D eigenvalue weighted by molar-refractivity contribution is 0.0996. The first-order valence-corrected chi connectivity index (χ1v) is 8.65. The Morgan fingerprint density at radius 2 is 2.25 bits per heavy atom. The Labute approximate surface area is 130 Å². The molecule has 3 rings (SSSR count). The molecule has 0 unspecified atom stereocenters. The highest BCUT2D eigenvalue weighted by molar-refractivity contribution is 7.98. The number of Topliss-reactive ketones (excluding diaryl/α,β-unsaturated/α-hetero) is 1. The molecule has 1 aromatic carbocycles. The standard InChI is InChI=1S/C15H12ClFOS2/c16-15-9(2-1-3-11(15)17)6-12(18)14-7-10-8-19-5-4-13(10)20-14/h1-3,7H,4-6,8H2. The van der Waals surface area contributed by atoms with Crippen LogP contribution >= 0.6 is 34.7 Å². The third-order valence-corrected chi connectivity index (χ3v) is 5.99. The first-order valence-electron chi connectivity index (χ1n) is 6.30. The van der Waals surface area contributed by atoms with Crippen LogP contribution in [0.2, 0.25) is 5.02 Å². The van der Waals surface area contributed by atoms with E-state index in [-0.39, 0.29) is 17.2 Å². The Bertz CT molecular complexity index is 642. The fourth-order valence-corrected chi connectivity index (χ4v) is 4.73. The average molecular weight is 327 g/mol. The zero-order valence-corrected chi connectivity index (χ0v) is 13.0. The number of hydrogen-bond donors (Lipinski definition) is 0. The van der Waals surface area contributed by atoms with Crippen LogP contribution in [0.25, 0.3) is 0 Å². The number of rotatable bonds is 3. The van der Waals surface area contributed by atoms with Gasteiger partial charge in [-0.15, -0.1) is 11.3 Å². The Hall–Kier alpha value is -0.840. The molecule has 104 valence electrons. The Kier molecular flexibility index (Phi) is 4.15. The summed E-state index contributed by atoms with van der Waals surface area (Å²) in [4.78, 5) is 14.4. The minimum Gasteiger partial charge on any atom is -0.293 e. The molecule has 0 saturated carbocycles. The first kappa shape index (κ1) is 14.1. The van der Waals surface area contributed by atoms with Crippen molar-refractivity contribution in [1.29, 1.82) is 0 Å². The van der Waals surface area contributed by atoms with Crippen molar-refractivity contribution in [3.63, 3.8) is 0 Å². The molecule has 0 atom stereocenters. The summed E-state index contributed by atoms with van der Waals surface area (Å²) in [6, 6.07) is 6.58. The molecular formula is C15H12ClFOS2. The number of carbonyl (C=O) groups is 1. The van der Waals surface area contributed by atoms with Crippen LogP contribution in [0.1, 0.15) is 25.7 Å². The third-order valence-electron chi connectivity index (χ3n) is 3.29. The van der Waals surface area contributed by atoms with Crippen LogP contribution in [0.15, 0.2) is 24.3 Å². The van der Waals surface area contributed by atoms with Crippen molar-refractivity contribution in [1.82, 2.24) is 0 Å². The van der Waals surface area contributed by atoms with Gasteiger partial charge in [-0.25, -0.2) is 4.39 Å². The van der Waals surface area contributed by atoms with Gasteiger partial charge in [0.1, 0.15) is 5.82 Å². The zero-order chi connectivity index (χ0) is 14.1. The maximum atomic E-state index is 13.4. The highest BCUT2D eigenvalue weighted by Crippen LogP contribution is 2.32. The van der Waals surface area contributed by atoms with Crippen LogP contribution < -0.4 is 0 Å². The fourth-order valence-electron chi connectivity index (χ4n) is 2.23. The molecule has 0 aliphatic carbocycles. The summed E-state index contributed by atoms with van der Waals surface area (Å²) in [5, 5.41) is 0.0534. The minimum atomic E-state index is -0.473. The number of thiophene rings is 1. The molecule has 1 nitrogen and oxygen atoms in total. The van der Waals surface area contributed by atoms with Gasteiger partial charge in [0.05, 0.1) is 9.90 Å². The molecule has 0 radical (unpaired) electrons. The predicted octanol–water partition coefficient (Wildman–Crippen LogP) is 4.76. The summed E-state index contributed by atoms with van der Waals surface area (Å²) < 4.78 is 13.4. The normalized spacial score (nSPS) is 14.1. The molecular weight excluding hydrogens is 315 g/mol. The Morgan fingerprint density at radius 1 is 1.40 bits per heavy atom. The predicted molar refractivity (Wildman–Crippen MR) is 83.6 cm³/mol. The van der Waals surface area contributed by atoms with E-state index in [1.165, 1.54) is 16.5 Å². The van der Waals surface area contributed by atoms with Crippen molar-refractivity contribution in [3.8, 4) is 0 Å². The Balaban J connectivity index is 1.82. The van der Waals surface area contributed by atoms with Gasteiger partial charge in [0.25, 0.3) is 0 Å². The van der Waals surface area contributed by atoms with Gasteiger partial charge >= 0.3 is 0 Å². The van der Waals surface area contributed by atoms with Gasteiger partial charge in [0, 0.05) is 17.1 Å². The summed E-state index contributed by atoms with van der Waals surface area (Å²) in [7, 11) is 0. The van der Waals surface area contributed by atoms with Crippen molar-refractivity contribution >= 4 is 40.5 Å². The molecule has 0 amide bonds. The maximum Gasteiger partial charge on any atom is 0.177 e. The largest absolute Gasteiger partial charge is 0.293 e. The molecule has 0 spiro atoms. The van der Waals surface area contributed by atoms with Gasteiger partial charge in [-0.05, 0) is 35.4 Å². The molecule has 1 aliphatic rings. The number of hydrogen-bond acceptors (Lipinski definition) is 3. The van der Waals surface area contributed by atoms with Gasteiger partial charge in [-0.3, -0.25) is 4.79 Å². The van der Waals surface area contributed by atoms with E-state index in [1.54, 1.807) is 23.5 Å². The highest BCUT2D eigenvalue weighted by Gasteiger charge is 2.18. The second kappa shape index (κ2) is 5.88. The summed E-state index contributed by atoms with van der Waals surface area (Å²) >= 11 is 9.37. The number of benzene rings is 1. The Morgan fingerprint density at radius 3 is 3.05 bits per heavy atom. The molecule has 0 bridgehead atoms. The summed E-state index contributed by atoms with van der Waals surface area (Å²) in [6.45, 7) is 0. The second-order valence-electron chi connectivity index (χ2n) is 4.67. The number of halogens is 2. The number of thioether (sulfide) groups is 1. The minimum absolute atomic E-state index is 0.0156. The molecule has 20 heavy (non-hydrogen) atoms. The zero-order valence-electron chi connectivity index (χ0n) is 10.6. The van der Waals surface area contributed by atoms with Crippen LogP contribution in [0, 0.1) is 5.82 Å². The number of aryl methyl sites for hydroxylation is 1. The fraction of sp³-hybridized carbons (Fsp3) is 0.267. The summed E-state index contributed by atoms with van der Waals surface area (Å²) in [5.74, 6) is 1.65. The van der Waals surface area contributed by atoms with E-state index < -0.39 is 5.82 Å². The topological polar surface area (TPSA) is 17.1 Å². The van der Waals surface area contributed by atoms with E-state index in [0.29, 0.717) is 5.56 Å². The van der Waals surface area contributed by atoms with E-state index in [2.05, 4.69) is 0 Å². The van der Waals surface area contributed by atoms with Crippen LogP contribution in [0.4, 0.5) is 4.39 Å². The van der Waals surface area contributed by atoms with Crippen molar-refractivity contribution < 1.29 is 9.18 Å². The molecule has 2 aromatic rings. The SMILES string of the molecule is O=C(Cc1cccc(F)c1Cl)c1cc2c(s1)CCSC2. The maximum absolute atomic E-state index is 13.4. The lowest BCUT2D eigenvalue weighted by Gasteiger charge is -2.08. The third kappa shape index (κ3) is 2.78. The van der Waals surface area contributed by atoms with Crippen molar-refractivity contribution in [2.45, 2.75) is 18.6 Å². The van der Waals surface area contributed by atoms with Crippen LogP contribution in [-0.2, 0) is 18.6 Å². The molecule has 1 aromatic heterocycles. The van der Waals surface area contributed by atoms with E-state index in [4.69, 9.17) is 11.6 Å². The van der Waals surface area contributed by atoms with Crippen molar-refractivity contribution in [3.05, 3.63) is 56.0 Å². The van der Waals surface area contributed by atoms with E-state index >= 15 is 0 Å². The van der Waals surface area contributed by atoms with E-state index in [1.807, 2.05) is 17.8 Å². The van der Waals surface area contributed by atoms with Gasteiger partial charge in [0.15, 0.2) is 5.78 Å². The van der Waals surface area contributed by atoms with E-state index in [9.17, 15) is 9.18 Å². The molecule has 2 heterocycles. The first-order chi connectivity index (χ1) is 9.65. The number of ketones is 1. The molecule has 5 heteroatoms. The lowest BCUT2D eigenvalue weighted by Crippen LogP contribution is -2.02. The van der Waals surface area contributed by atoms with Crippen molar-refractivity contribution in [2.75, 3.05) is 5.75 Å². The summed E-state index contributed by atoms with van der Waals surface area (Å²) in [5.41, 5.74) is 1.83. The van der Waals surface area contributed by atoms with Gasteiger partial charge in [-0.1, -0.05) is 23.7 Å². The quantitative estimate of drug-likeness (QED) is 0.757. The smallest absolute Gasteiger partial charge is 0.177 e. The van der Waals surface area contributed by atoms with Crippen molar-refractivity contribution in [2.24, 2.45) is 0 Å². The van der Waals surface area contributed by atoms with E-state index in [0.717, 1.165) is 22.8 Å². The number of fused-ring (bicyclic) bond motifs is 1. The molecule has 0 N–H and O–H groups in total. The van der Waals surface area contributed by atoms with Crippen LogP contribution in [-0.4, -0.2) is 11.5 Å². The highest BCUT2D eigenvalue weighted by atomic mass is 35.5. The van der Waals surface area contributed by atoms with Gasteiger partial charge < -0.3 is 0 Å². The summed E-state index contributed by atoms with van der Waals surface area (Å²) in [6.07, 6.45) is 1.20. The monoisotopic (exact) mass is 326 g/mol. The van der Waals surface area contributed by atoms with Gasteiger partial charge in [0.2, 0.25) is 0 Å². The van der Waals surface area contributed by atoms with Crippen LogP contribution in [0.5, 0.6) is 0 Å². The molecule has 0 saturated heterocycles. The second-order valence-corrected chi connectivity index (χ2v) is 7.29. The average Bonchev–Trinajstić information content (AvgIpc) is 2.88. The van der Waals surface area contributed by atoms with Crippen LogP contribution in [0.3, 0.4) is 0 Å². The van der Waals surface area contributed by atoms with Gasteiger partial charge in [-0.2, -0.15) is 11.8 Å². The molecule has 1 aliphatic heterocycles. The lowest BCUT2D eigenvalue weighted by atomic mass is 10.1.